The number of quaternary nitrogens is 1. The average molecular weight is 325 g/mol. The Labute approximate surface area is 144 Å². The van der Waals surface area contributed by atoms with Crippen LogP contribution in [0.1, 0.15) is 63.0 Å². The predicted octanol–water partition coefficient (Wildman–Crippen LogP) is 2.54. The van der Waals surface area contributed by atoms with Crippen LogP contribution in [0, 0.1) is 17.8 Å². The third-order valence-corrected chi connectivity index (χ3v) is 6.97. The van der Waals surface area contributed by atoms with Gasteiger partial charge < -0.3 is 10.6 Å². The zero-order chi connectivity index (χ0) is 16.1. The highest BCUT2D eigenvalue weighted by Gasteiger charge is 2.54. The van der Waals surface area contributed by atoms with E-state index in [-0.39, 0.29) is 11.9 Å². The zero-order valence-electron chi connectivity index (χ0n) is 14.4. The average Bonchev–Trinajstić information content (AvgIpc) is 3.36. The second kappa shape index (κ2) is 5.59. The van der Waals surface area contributed by atoms with Gasteiger partial charge in [-0.1, -0.05) is 30.3 Å². The van der Waals surface area contributed by atoms with Crippen molar-refractivity contribution in [2.75, 3.05) is 0 Å². The number of rotatable bonds is 5. The Hall–Kier alpha value is -1.35. The highest BCUT2D eigenvalue weighted by Crippen LogP contribution is 2.54. The van der Waals surface area contributed by atoms with Crippen LogP contribution in [0.5, 0.6) is 0 Å². The number of carbonyl (C=O) groups excluding carboxylic acids is 1. The molecule has 6 rings (SSSR count). The van der Waals surface area contributed by atoms with Gasteiger partial charge in [0.15, 0.2) is 6.04 Å². The summed E-state index contributed by atoms with van der Waals surface area (Å²) in [5, 5.41) is 5.76. The number of hydrogen-bond donors (Lipinski definition) is 2. The van der Waals surface area contributed by atoms with Crippen LogP contribution in [-0.2, 0) is 4.79 Å². The number of carbonyl (C=O) groups is 1. The first-order valence-corrected chi connectivity index (χ1v) is 9.90. The molecule has 4 bridgehead atoms. The lowest BCUT2D eigenvalue weighted by molar-refractivity contribution is -0.762. The maximum absolute atomic E-state index is 13.0. The van der Waals surface area contributed by atoms with Crippen LogP contribution in [0.3, 0.4) is 0 Å². The first-order valence-electron chi connectivity index (χ1n) is 9.90. The van der Waals surface area contributed by atoms with E-state index in [0.717, 1.165) is 30.6 Å². The predicted molar refractivity (Wildman–Crippen MR) is 93.2 cm³/mol. The van der Waals surface area contributed by atoms with Crippen molar-refractivity contribution in [2.24, 2.45) is 17.8 Å². The fraction of sp³-hybridized carbons (Fsp3) is 0.667. The summed E-state index contributed by atoms with van der Waals surface area (Å²) in [6, 6.07) is 10.8. The molecule has 1 aromatic carbocycles. The van der Waals surface area contributed by atoms with Gasteiger partial charge in [0, 0.05) is 30.9 Å². The molecule has 3 N–H and O–H groups in total. The van der Waals surface area contributed by atoms with Crippen LogP contribution in [0.15, 0.2) is 30.3 Å². The molecule has 128 valence electrons. The van der Waals surface area contributed by atoms with Crippen molar-refractivity contribution in [3.05, 3.63) is 35.9 Å². The number of nitrogens with one attached hydrogen (secondary N) is 1. The molecule has 1 aromatic rings. The Bertz CT molecular complexity index is 587. The summed E-state index contributed by atoms with van der Waals surface area (Å²) >= 11 is 0. The van der Waals surface area contributed by atoms with E-state index in [0.29, 0.717) is 11.6 Å². The van der Waals surface area contributed by atoms with Gasteiger partial charge in [0.2, 0.25) is 0 Å². The smallest absolute Gasteiger partial charge is 0.283 e. The van der Waals surface area contributed by atoms with Crippen LogP contribution in [0.2, 0.25) is 0 Å². The van der Waals surface area contributed by atoms with Gasteiger partial charge in [-0.05, 0) is 49.9 Å². The monoisotopic (exact) mass is 325 g/mol. The molecular weight excluding hydrogens is 296 g/mol. The number of nitrogens with two attached hydrogens (primary N) is 1. The molecule has 0 spiro atoms. The first kappa shape index (κ1) is 14.9. The quantitative estimate of drug-likeness (QED) is 0.858. The van der Waals surface area contributed by atoms with Gasteiger partial charge in [-0.2, -0.15) is 0 Å². The largest absolute Gasteiger partial charge is 0.348 e. The van der Waals surface area contributed by atoms with Gasteiger partial charge in [0.05, 0.1) is 5.54 Å². The standard InChI is InChI=1S/C21H28N2O/c24-20(22-18-6-7-18)19(17-4-2-1-3-5-17)23-21-11-14-8-15(12-21)10-16(9-14)13-21/h1-5,14-16,18-19,23H,6-13H2,(H,22,24)/p+1/t14?,15?,16?,19-,21?/m1/s1. The number of benzene rings is 1. The molecule has 0 aliphatic heterocycles. The van der Waals surface area contributed by atoms with E-state index < -0.39 is 0 Å². The van der Waals surface area contributed by atoms with E-state index in [1.165, 1.54) is 44.1 Å². The van der Waals surface area contributed by atoms with E-state index in [9.17, 15) is 4.79 Å². The molecule has 5 aliphatic rings. The third-order valence-electron chi connectivity index (χ3n) is 6.97. The van der Waals surface area contributed by atoms with E-state index >= 15 is 0 Å². The van der Waals surface area contributed by atoms with Crippen molar-refractivity contribution in [1.29, 1.82) is 0 Å². The fourth-order valence-corrected chi connectivity index (χ4v) is 6.24. The minimum Gasteiger partial charge on any atom is -0.348 e. The zero-order valence-corrected chi connectivity index (χ0v) is 14.4. The summed E-state index contributed by atoms with van der Waals surface area (Å²) in [5.74, 6) is 3.01. The van der Waals surface area contributed by atoms with Crippen LogP contribution in [0.25, 0.3) is 0 Å². The Morgan fingerprint density at radius 3 is 2.12 bits per heavy atom. The van der Waals surface area contributed by atoms with Crippen molar-refractivity contribution < 1.29 is 10.1 Å². The maximum atomic E-state index is 13.0. The summed E-state index contributed by atoms with van der Waals surface area (Å²) in [6.45, 7) is 0. The minimum absolute atomic E-state index is 0.0666. The molecule has 0 radical (unpaired) electrons. The van der Waals surface area contributed by atoms with Crippen LogP contribution >= 0.6 is 0 Å². The Kier molecular flexibility index (Phi) is 3.48. The van der Waals surface area contributed by atoms with Crippen molar-refractivity contribution >= 4 is 5.91 Å². The first-order chi connectivity index (χ1) is 11.7. The molecule has 5 aliphatic carbocycles. The lowest BCUT2D eigenvalue weighted by Crippen LogP contribution is -3.00. The Balaban J connectivity index is 1.41. The van der Waals surface area contributed by atoms with Gasteiger partial charge in [0.25, 0.3) is 5.91 Å². The third kappa shape index (κ3) is 2.77. The Morgan fingerprint density at radius 2 is 1.58 bits per heavy atom. The van der Waals surface area contributed by atoms with E-state index in [1.54, 1.807) is 0 Å². The van der Waals surface area contributed by atoms with E-state index in [4.69, 9.17) is 0 Å². The lowest BCUT2D eigenvalue weighted by Gasteiger charge is -2.55. The molecule has 5 fully saturated rings. The van der Waals surface area contributed by atoms with Crippen molar-refractivity contribution in [3.63, 3.8) is 0 Å². The Morgan fingerprint density at radius 1 is 1.00 bits per heavy atom. The van der Waals surface area contributed by atoms with Crippen molar-refractivity contribution in [2.45, 2.75) is 69.0 Å². The minimum atomic E-state index is -0.0666. The highest BCUT2D eigenvalue weighted by molar-refractivity contribution is 5.82. The molecule has 24 heavy (non-hydrogen) atoms. The number of amides is 1. The molecule has 1 atom stereocenters. The van der Waals surface area contributed by atoms with Crippen molar-refractivity contribution in [1.82, 2.24) is 5.32 Å². The van der Waals surface area contributed by atoms with Gasteiger partial charge >= 0.3 is 0 Å². The summed E-state index contributed by atoms with van der Waals surface area (Å²) in [7, 11) is 0. The molecule has 3 nitrogen and oxygen atoms in total. The van der Waals surface area contributed by atoms with Gasteiger partial charge in [-0.25, -0.2) is 0 Å². The molecule has 0 aromatic heterocycles. The summed E-state index contributed by atoms with van der Waals surface area (Å²) in [6.07, 6.45) is 10.7. The molecule has 0 heterocycles. The topological polar surface area (TPSA) is 45.7 Å². The normalized spacial score (nSPS) is 38.1. The molecule has 3 heteroatoms. The molecular formula is C21H29N2O+. The fourth-order valence-electron chi connectivity index (χ4n) is 6.24. The van der Waals surface area contributed by atoms with Gasteiger partial charge in [-0.15, -0.1) is 0 Å². The van der Waals surface area contributed by atoms with Gasteiger partial charge in [-0.3, -0.25) is 4.79 Å². The molecule has 5 saturated carbocycles. The second-order valence-corrected chi connectivity index (χ2v) is 9.12. The number of hydrogen-bond acceptors (Lipinski definition) is 1. The molecule has 0 unspecified atom stereocenters. The summed E-state index contributed by atoms with van der Waals surface area (Å²) < 4.78 is 0. The van der Waals surface area contributed by atoms with Crippen LogP contribution in [-0.4, -0.2) is 17.5 Å². The van der Waals surface area contributed by atoms with Crippen molar-refractivity contribution in [3.8, 4) is 0 Å². The summed E-state index contributed by atoms with van der Waals surface area (Å²) in [5.41, 5.74) is 1.50. The van der Waals surface area contributed by atoms with E-state index in [1.807, 2.05) is 6.07 Å². The maximum Gasteiger partial charge on any atom is 0.283 e. The van der Waals surface area contributed by atoms with Crippen LogP contribution in [0.4, 0.5) is 0 Å². The van der Waals surface area contributed by atoms with Gasteiger partial charge in [0.1, 0.15) is 0 Å². The SMILES string of the molecule is O=C(NC1CC1)[C@H]([NH2+]C12CC3CC(CC(C3)C1)C2)c1ccccc1. The van der Waals surface area contributed by atoms with Crippen LogP contribution < -0.4 is 10.6 Å². The lowest BCUT2D eigenvalue weighted by atomic mass is 9.53. The second-order valence-electron chi connectivity index (χ2n) is 9.12. The molecule has 1 amide bonds. The van der Waals surface area contributed by atoms with E-state index in [2.05, 4.69) is 34.9 Å². The molecule has 0 saturated heterocycles. The highest BCUT2D eigenvalue weighted by atomic mass is 16.2. The summed E-state index contributed by atoms with van der Waals surface area (Å²) in [4.78, 5) is 13.0.